The molecule has 7 rings (SSSR count). The van der Waals surface area contributed by atoms with Crippen LogP contribution in [0.2, 0.25) is 0 Å². The fraction of sp³-hybridized carbons (Fsp3) is 0. The van der Waals surface area contributed by atoms with Gasteiger partial charge in [-0.05, 0) is 70.7 Å². The van der Waals surface area contributed by atoms with Crippen molar-refractivity contribution >= 4 is 80.6 Å². The zero-order chi connectivity index (χ0) is 20.5. The van der Waals surface area contributed by atoms with E-state index in [-0.39, 0.29) is 0 Å². The average molecular weight is 457 g/mol. The third-order valence-electron chi connectivity index (χ3n) is 6.64. The van der Waals surface area contributed by atoms with E-state index < -0.39 is 0 Å². The van der Waals surface area contributed by atoms with Crippen LogP contribution in [-0.2, 0) is 0 Å². The third kappa shape index (κ3) is 2.35. The SMILES string of the molecule is Brc1cc2ccc3ccc4ccccc4c3c2c2c1ccc1ccc3ccccc3c12. The fourth-order valence-corrected chi connectivity index (χ4v) is 5.85. The van der Waals surface area contributed by atoms with Crippen LogP contribution in [0.15, 0.2) is 108 Å². The Bertz CT molecular complexity index is 1840. The van der Waals surface area contributed by atoms with Crippen LogP contribution in [-0.4, -0.2) is 0 Å². The summed E-state index contributed by atoms with van der Waals surface area (Å²) in [7, 11) is 0. The maximum Gasteiger partial charge on any atom is 0.0260 e. The van der Waals surface area contributed by atoms with Crippen LogP contribution in [0, 0.1) is 0 Å². The van der Waals surface area contributed by atoms with Crippen molar-refractivity contribution in [1.82, 2.24) is 0 Å². The van der Waals surface area contributed by atoms with E-state index >= 15 is 0 Å². The van der Waals surface area contributed by atoms with Crippen LogP contribution in [0.1, 0.15) is 0 Å². The summed E-state index contributed by atoms with van der Waals surface area (Å²) < 4.78 is 1.14. The van der Waals surface area contributed by atoms with E-state index in [1.54, 1.807) is 0 Å². The van der Waals surface area contributed by atoms with Gasteiger partial charge < -0.3 is 0 Å². The molecule has 0 aliphatic heterocycles. The Balaban J connectivity index is 1.91. The first kappa shape index (κ1) is 17.3. The highest BCUT2D eigenvalue weighted by molar-refractivity contribution is 9.10. The van der Waals surface area contributed by atoms with E-state index in [1.165, 1.54) is 64.6 Å². The molecule has 0 amide bonds. The highest BCUT2D eigenvalue weighted by Crippen LogP contribution is 2.43. The molecule has 0 atom stereocenters. The number of hydrogen-bond donors (Lipinski definition) is 0. The van der Waals surface area contributed by atoms with Crippen LogP contribution in [0.5, 0.6) is 0 Å². The zero-order valence-corrected chi connectivity index (χ0v) is 18.3. The standard InChI is InChI=1S/C30H17Br/c31-26-17-22-14-13-20-11-9-18-5-1-3-7-23(18)27(20)29(22)30-25(26)16-15-21-12-10-19-6-2-4-8-24(19)28(21)30/h1-17H. The number of hydrogen-bond acceptors (Lipinski definition) is 0. The Labute approximate surface area is 187 Å². The van der Waals surface area contributed by atoms with Gasteiger partial charge in [-0.1, -0.05) is 113 Å². The maximum atomic E-state index is 3.88. The van der Waals surface area contributed by atoms with Gasteiger partial charge >= 0.3 is 0 Å². The van der Waals surface area contributed by atoms with Gasteiger partial charge in [0, 0.05) is 4.47 Å². The van der Waals surface area contributed by atoms with Gasteiger partial charge in [0.1, 0.15) is 0 Å². The smallest absolute Gasteiger partial charge is 0.0260 e. The lowest BCUT2D eigenvalue weighted by atomic mass is 9.89. The van der Waals surface area contributed by atoms with Crippen molar-refractivity contribution in [3.63, 3.8) is 0 Å². The van der Waals surface area contributed by atoms with Gasteiger partial charge in [0.05, 0.1) is 0 Å². The minimum atomic E-state index is 1.14. The largest absolute Gasteiger partial charge is 0.0616 e. The second-order valence-corrected chi connectivity index (χ2v) is 9.13. The van der Waals surface area contributed by atoms with Gasteiger partial charge in [-0.2, -0.15) is 0 Å². The molecule has 0 spiro atoms. The molecule has 0 saturated heterocycles. The summed E-state index contributed by atoms with van der Waals surface area (Å²) in [6.07, 6.45) is 0. The van der Waals surface area contributed by atoms with Gasteiger partial charge in [0.15, 0.2) is 0 Å². The van der Waals surface area contributed by atoms with E-state index in [0.29, 0.717) is 0 Å². The maximum absolute atomic E-state index is 3.88. The molecule has 0 aliphatic carbocycles. The van der Waals surface area contributed by atoms with Crippen molar-refractivity contribution in [1.29, 1.82) is 0 Å². The van der Waals surface area contributed by atoms with E-state index in [1.807, 2.05) is 0 Å². The van der Waals surface area contributed by atoms with Crippen LogP contribution in [0.25, 0.3) is 64.6 Å². The molecule has 1 heteroatoms. The molecule has 0 radical (unpaired) electrons. The third-order valence-corrected chi connectivity index (χ3v) is 7.30. The van der Waals surface area contributed by atoms with Gasteiger partial charge in [-0.15, -0.1) is 0 Å². The number of fused-ring (bicyclic) bond motifs is 11. The normalized spacial score (nSPS) is 12.0. The minimum Gasteiger partial charge on any atom is -0.0616 e. The second kappa shape index (κ2) is 6.29. The summed E-state index contributed by atoms with van der Waals surface area (Å²) in [4.78, 5) is 0. The lowest BCUT2D eigenvalue weighted by Gasteiger charge is -2.15. The molecule has 0 heterocycles. The quantitative estimate of drug-likeness (QED) is 0.199. The summed E-state index contributed by atoms with van der Waals surface area (Å²) in [5.74, 6) is 0. The Morgan fingerprint density at radius 1 is 0.355 bits per heavy atom. The van der Waals surface area contributed by atoms with E-state index in [2.05, 4.69) is 119 Å². The monoisotopic (exact) mass is 456 g/mol. The fourth-order valence-electron chi connectivity index (χ4n) is 5.27. The number of benzene rings is 7. The number of rotatable bonds is 0. The van der Waals surface area contributed by atoms with Crippen LogP contribution >= 0.6 is 15.9 Å². The lowest BCUT2D eigenvalue weighted by molar-refractivity contribution is 1.77. The highest BCUT2D eigenvalue weighted by Gasteiger charge is 2.15. The minimum absolute atomic E-state index is 1.14. The molecule has 31 heavy (non-hydrogen) atoms. The Hall–Kier alpha value is -3.42. The first-order valence-corrected chi connectivity index (χ1v) is 11.4. The predicted molar refractivity (Wildman–Crippen MR) is 139 cm³/mol. The molecule has 144 valence electrons. The van der Waals surface area contributed by atoms with E-state index in [9.17, 15) is 0 Å². The van der Waals surface area contributed by atoms with Gasteiger partial charge in [0.2, 0.25) is 0 Å². The Morgan fingerprint density at radius 2 is 0.839 bits per heavy atom. The molecule has 0 bridgehead atoms. The molecule has 0 unspecified atom stereocenters. The summed E-state index contributed by atoms with van der Waals surface area (Å²) in [6, 6.07) is 37.8. The van der Waals surface area contributed by atoms with E-state index in [0.717, 1.165) is 4.47 Å². The highest BCUT2D eigenvalue weighted by atomic mass is 79.9. The molecule has 0 N–H and O–H groups in total. The van der Waals surface area contributed by atoms with Gasteiger partial charge in [-0.25, -0.2) is 0 Å². The molecule has 0 nitrogen and oxygen atoms in total. The topological polar surface area (TPSA) is 0 Å². The van der Waals surface area contributed by atoms with Crippen LogP contribution in [0.4, 0.5) is 0 Å². The first-order chi connectivity index (χ1) is 15.3. The van der Waals surface area contributed by atoms with E-state index in [4.69, 9.17) is 0 Å². The molecular weight excluding hydrogens is 440 g/mol. The summed E-state index contributed by atoms with van der Waals surface area (Å²) in [6.45, 7) is 0. The Kier molecular flexibility index (Phi) is 3.51. The van der Waals surface area contributed by atoms with Gasteiger partial charge in [-0.3, -0.25) is 0 Å². The molecule has 7 aromatic carbocycles. The van der Waals surface area contributed by atoms with Crippen molar-refractivity contribution in [2.75, 3.05) is 0 Å². The lowest BCUT2D eigenvalue weighted by Crippen LogP contribution is -1.87. The Morgan fingerprint density at radius 3 is 1.48 bits per heavy atom. The summed E-state index contributed by atoms with van der Waals surface area (Å²) >= 11 is 3.88. The zero-order valence-electron chi connectivity index (χ0n) is 16.7. The van der Waals surface area contributed by atoms with Crippen molar-refractivity contribution in [2.45, 2.75) is 0 Å². The summed E-state index contributed by atoms with van der Waals surface area (Å²) in [5.41, 5.74) is 0. The first-order valence-electron chi connectivity index (χ1n) is 10.6. The van der Waals surface area contributed by atoms with Crippen molar-refractivity contribution in [2.24, 2.45) is 0 Å². The van der Waals surface area contributed by atoms with Crippen molar-refractivity contribution in [3.8, 4) is 0 Å². The molecule has 7 aromatic rings. The van der Waals surface area contributed by atoms with Crippen molar-refractivity contribution < 1.29 is 0 Å². The molecule has 0 aliphatic rings. The van der Waals surface area contributed by atoms with Gasteiger partial charge in [0.25, 0.3) is 0 Å². The molecular formula is C30H17Br. The van der Waals surface area contributed by atoms with Crippen LogP contribution < -0.4 is 0 Å². The second-order valence-electron chi connectivity index (χ2n) is 8.28. The van der Waals surface area contributed by atoms with Crippen LogP contribution in [0.3, 0.4) is 0 Å². The average Bonchev–Trinajstić information content (AvgIpc) is 2.83. The summed E-state index contributed by atoms with van der Waals surface area (Å²) in [5, 5.41) is 15.6. The van der Waals surface area contributed by atoms with Crippen molar-refractivity contribution in [3.05, 3.63) is 108 Å². The molecule has 0 fully saturated rings. The predicted octanol–water partition coefficient (Wildman–Crippen LogP) is 9.37. The number of halogens is 1. The molecule has 0 saturated carbocycles. The molecule has 0 aromatic heterocycles.